The molecule has 0 saturated carbocycles. The second-order valence-corrected chi connectivity index (χ2v) is 6.17. The number of benzene rings is 2. The number of nitrogens with two attached hydrogens (primary N) is 1. The highest BCUT2D eigenvalue weighted by Gasteiger charge is 2.17. The topological polar surface area (TPSA) is 81.4 Å². The van der Waals surface area contributed by atoms with Crippen molar-refractivity contribution < 1.29 is 17.5 Å². The van der Waals surface area contributed by atoms with Crippen LogP contribution in [-0.2, 0) is 10.0 Å². The van der Waals surface area contributed by atoms with E-state index < -0.39 is 15.8 Å². The van der Waals surface area contributed by atoms with Crippen molar-refractivity contribution in [3.8, 4) is 5.75 Å². The van der Waals surface area contributed by atoms with Crippen molar-refractivity contribution in [1.82, 2.24) is 0 Å². The summed E-state index contributed by atoms with van der Waals surface area (Å²) >= 11 is 0. The first kappa shape index (κ1) is 15.1. The summed E-state index contributed by atoms with van der Waals surface area (Å²) in [6.07, 6.45) is 0. The van der Waals surface area contributed by atoms with Crippen molar-refractivity contribution in [2.24, 2.45) is 0 Å². The molecule has 0 aliphatic carbocycles. The fourth-order valence-corrected chi connectivity index (χ4v) is 2.89. The van der Waals surface area contributed by atoms with Crippen LogP contribution in [0.1, 0.15) is 5.56 Å². The number of sulfonamides is 1. The second kappa shape index (κ2) is 5.61. The van der Waals surface area contributed by atoms with Gasteiger partial charge in [-0.3, -0.25) is 4.72 Å². The molecule has 0 fully saturated rings. The van der Waals surface area contributed by atoms with E-state index in [0.717, 1.165) is 5.56 Å². The van der Waals surface area contributed by atoms with Gasteiger partial charge >= 0.3 is 0 Å². The summed E-state index contributed by atoms with van der Waals surface area (Å²) in [4.78, 5) is -0.0679. The van der Waals surface area contributed by atoms with Crippen molar-refractivity contribution in [2.75, 3.05) is 17.6 Å². The molecule has 2 rings (SSSR count). The third-order valence-electron chi connectivity index (χ3n) is 2.88. The van der Waals surface area contributed by atoms with Gasteiger partial charge in [0.15, 0.2) is 0 Å². The number of nitrogens with one attached hydrogen (secondary N) is 1. The number of rotatable bonds is 4. The number of hydrogen-bond acceptors (Lipinski definition) is 4. The molecular formula is C14H15FN2O3S. The van der Waals surface area contributed by atoms with Crippen molar-refractivity contribution in [3.63, 3.8) is 0 Å². The minimum atomic E-state index is -3.93. The smallest absolute Gasteiger partial charge is 0.262 e. The lowest BCUT2D eigenvalue weighted by Crippen LogP contribution is -2.14. The van der Waals surface area contributed by atoms with Crippen LogP contribution in [0.5, 0.6) is 5.75 Å². The lowest BCUT2D eigenvalue weighted by Gasteiger charge is -2.11. The number of aryl methyl sites for hydroxylation is 1. The Hall–Kier alpha value is -2.28. The van der Waals surface area contributed by atoms with Gasteiger partial charge in [-0.05, 0) is 42.8 Å². The Morgan fingerprint density at radius 3 is 2.52 bits per heavy atom. The normalized spacial score (nSPS) is 11.2. The summed E-state index contributed by atoms with van der Waals surface area (Å²) in [5.41, 5.74) is 6.50. The molecule has 0 atom stereocenters. The zero-order valence-electron chi connectivity index (χ0n) is 11.6. The number of halogens is 1. The number of anilines is 2. The van der Waals surface area contributed by atoms with E-state index in [1.807, 2.05) is 0 Å². The maximum Gasteiger partial charge on any atom is 0.262 e. The Morgan fingerprint density at radius 1 is 1.19 bits per heavy atom. The molecule has 0 saturated heterocycles. The molecule has 112 valence electrons. The highest BCUT2D eigenvalue weighted by molar-refractivity contribution is 7.92. The van der Waals surface area contributed by atoms with Gasteiger partial charge in [-0.25, -0.2) is 12.8 Å². The quantitative estimate of drug-likeness (QED) is 0.850. The Labute approximate surface area is 122 Å². The van der Waals surface area contributed by atoms with Crippen LogP contribution < -0.4 is 15.2 Å². The summed E-state index contributed by atoms with van der Waals surface area (Å²) in [6.45, 7) is 1.74. The number of ether oxygens (including phenoxy) is 1. The summed E-state index contributed by atoms with van der Waals surface area (Å²) in [6, 6.07) is 8.21. The number of methoxy groups -OCH3 is 1. The molecule has 7 heteroatoms. The monoisotopic (exact) mass is 310 g/mol. The lowest BCUT2D eigenvalue weighted by molar-refractivity contribution is 0.416. The zero-order valence-corrected chi connectivity index (χ0v) is 12.4. The van der Waals surface area contributed by atoms with Gasteiger partial charge in [0.1, 0.15) is 11.6 Å². The van der Waals surface area contributed by atoms with Crippen LogP contribution in [-0.4, -0.2) is 15.5 Å². The lowest BCUT2D eigenvalue weighted by atomic mass is 10.2. The van der Waals surface area contributed by atoms with E-state index in [1.54, 1.807) is 13.0 Å². The molecule has 2 aromatic rings. The second-order valence-electron chi connectivity index (χ2n) is 4.49. The van der Waals surface area contributed by atoms with Crippen LogP contribution >= 0.6 is 0 Å². The Kier molecular flexibility index (Phi) is 4.04. The SMILES string of the molecule is COc1ccc(S(=O)(=O)Nc2cc(C)ccc2F)cc1N. The summed E-state index contributed by atoms with van der Waals surface area (Å²) in [5.74, 6) is -0.277. The maximum atomic E-state index is 13.6. The molecule has 0 radical (unpaired) electrons. The summed E-state index contributed by atoms with van der Waals surface area (Å²) < 4.78 is 45.3. The van der Waals surface area contributed by atoms with E-state index in [9.17, 15) is 12.8 Å². The van der Waals surface area contributed by atoms with Gasteiger partial charge in [-0.1, -0.05) is 6.07 Å². The van der Waals surface area contributed by atoms with E-state index in [2.05, 4.69) is 4.72 Å². The van der Waals surface area contributed by atoms with E-state index in [1.165, 1.54) is 37.4 Å². The number of nitrogen functional groups attached to an aromatic ring is 1. The Bertz CT molecular complexity index is 776. The van der Waals surface area contributed by atoms with Gasteiger partial charge in [-0.2, -0.15) is 0 Å². The molecule has 0 bridgehead atoms. The first-order valence-electron chi connectivity index (χ1n) is 6.06. The van der Waals surface area contributed by atoms with Crippen molar-refractivity contribution in [1.29, 1.82) is 0 Å². The predicted molar refractivity (Wildman–Crippen MR) is 79.4 cm³/mol. The molecule has 0 heterocycles. The van der Waals surface area contributed by atoms with Crippen LogP contribution in [0.3, 0.4) is 0 Å². The molecular weight excluding hydrogens is 295 g/mol. The van der Waals surface area contributed by atoms with Gasteiger partial charge in [-0.15, -0.1) is 0 Å². The first-order chi connectivity index (χ1) is 9.83. The van der Waals surface area contributed by atoms with Gasteiger partial charge in [0.25, 0.3) is 10.0 Å². The Morgan fingerprint density at radius 2 is 1.90 bits per heavy atom. The third-order valence-corrected chi connectivity index (χ3v) is 4.24. The van der Waals surface area contributed by atoms with Crippen LogP contribution in [0.15, 0.2) is 41.3 Å². The molecule has 2 aromatic carbocycles. The zero-order chi connectivity index (χ0) is 15.6. The maximum absolute atomic E-state index is 13.6. The first-order valence-corrected chi connectivity index (χ1v) is 7.54. The van der Waals surface area contributed by atoms with Gasteiger partial charge in [0.05, 0.1) is 23.4 Å². The van der Waals surface area contributed by atoms with Crippen LogP contribution in [0.2, 0.25) is 0 Å². The van der Waals surface area contributed by atoms with Crippen LogP contribution in [0.25, 0.3) is 0 Å². The van der Waals surface area contributed by atoms with E-state index in [4.69, 9.17) is 10.5 Å². The molecule has 0 spiro atoms. The molecule has 21 heavy (non-hydrogen) atoms. The standard InChI is InChI=1S/C14H15FN2O3S/c1-9-3-5-11(15)13(7-9)17-21(18,19)10-4-6-14(20-2)12(16)8-10/h3-8,17H,16H2,1-2H3. The van der Waals surface area contributed by atoms with E-state index in [0.29, 0.717) is 5.75 Å². The summed E-state index contributed by atoms with van der Waals surface area (Å²) in [7, 11) is -2.49. The largest absolute Gasteiger partial charge is 0.495 e. The molecule has 0 aliphatic heterocycles. The van der Waals surface area contributed by atoms with Gasteiger partial charge in [0, 0.05) is 0 Å². The summed E-state index contributed by atoms with van der Waals surface area (Å²) in [5, 5.41) is 0. The molecule has 0 amide bonds. The van der Waals surface area contributed by atoms with Crippen molar-refractivity contribution >= 4 is 21.4 Å². The predicted octanol–water partition coefficient (Wildman–Crippen LogP) is 2.53. The van der Waals surface area contributed by atoms with Crippen LogP contribution in [0, 0.1) is 12.7 Å². The van der Waals surface area contributed by atoms with Crippen molar-refractivity contribution in [3.05, 3.63) is 47.8 Å². The molecule has 0 aliphatic rings. The van der Waals surface area contributed by atoms with E-state index >= 15 is 0 Å². The highest BCUT2D eigenvalue weighted by atomic mass is 32.2. The van der Waals surface area contributed by atoms with E-state index in [-0.39, 0.29) is 16.3 Å². The molecule has 0 unspecified atom stereocenters. The fourth-order valence-electron chi connectivity index (χ4n) is 1.80. The van der Waals surface area contributed by atoms with Gasteiger partial charge in [0.2, 0.25) is 0 Å². The fraction of sp³-hybridized carbons (Fsp3) is 0.143. The third kappa shape index (κ3) is 3.25. The minimum Gasteiger partial charge on any atom is -0.495 e. The van der Waals surface area contributed by atoms with Crippen LogP contribution in [0.4, 0.5) is 15.8 Å². The molecule has 3 N–H and O–H groups in total. The molecule has 0 aromatic heterocycles. The Balaban J connectivity index is 2.38. The van der Waals surface area contributed by atoms with Crippen molar-refractivity contribution in [2.45, 2.75) is 11.8 Å². The minimum absolute atomic E-state index is 0.0679. The average Bonchev–Trinajstić information content (AvgIpc) is 2.42. The van der Waals surface area contributed by atoms with Gasteiger partial charge < -0.3 is 10.5 Å². The highest BCUT2D eigenvalue weighted by Crippen LogP contribution is 2.26. The average molecular weight is 310 g/mol. The number of hydrogen-bond donors (Lipinski definition) is 2. The molecule has 5 nitrogen and oxygen atoms in total.